The molecular weight excluding hydrogens is 284 g/mol. The largest absolute Gasteiger partial charge is 0.493 e. The molecule has 5 heteroatoms. The van der Waals surface area contributed by atoms with E-state index in [9.17, 15) is 0 Å². The van der Waals surface area contributed by atoms with Crippen molar-refractivity contribution in [3.63, 3.8) is 0 Å². The maximum Gasteiger partial charge on any atom is 0.256 e. The van der Waals surface area contributed by atoms with Crippen LogP contribution in [0.25, 0.3) is 11.1 Å². The highest BCUT2D eigenvalue weighted by Gasteiger charge is 2.24. The molecule has 3 aromatic rings. The number of benzene rings is 2. The van der Waals surface area contributed by atoms with Crippen molar-refractivity contribution in [3.05, 3.63) is 48.0 Å². The Balaban J connectivity index is 1.51. The van der Waals surface area contributed by atoms with Crippen LogP contribution in [0.3, 0.4) is 0 Å². The Morgan fingerprint density at radius 2 is 2.14 bits per heavy atom. The Hall–Kier alpha value is -2.14. The van der Waals surface area contributed by atoms with Crippen molar-refractivity contribution in [2.45, 2.75) is 11.1 Å². The number of oxazole rings is 1. The first kappa shape index (κ1) is 12.6. The van der Waals surface area contributed by atoms with Crippen LogP contribution in [-0.4, -0.2) is 17.3 Å². The van der Waals surface area contributed by atoms with Gasteiger partial charge < -0.3 is 14.9 Å². The van der Waals surface area contributed by atoms with E-state index in [-0.39, 0.29) is 0 Å². The summed E-state index contributed by atoms with van der Waals surface area (Å²) in [6, 6.07) is 13.7. The van der Waals surface area contributed by atoms with E-state index >= 15 is 0 Å². The van der Waals surface area contributed by atoms with Crippen molar-refractivity contribution in [1.29, 1.82) is 0 Å². The van der Waals surface area contributed by atoms with Gasteiger partial charge in [0.15, 0.2) is 5.58 Å². The smallest absolute Gasteiger partial charge is 0.256 e. The van der Waals surface area contributed by atoms with Crippen LogP contribution in [0, 0.1) is 0 Å². The summed E-state index contributed by atoms with van der Waals surface area (Å²) in [6.07, 6.45) is 0. The number of thioether (sulfide) groups is 1. The molecule has 0 fully saturated rings. The van der Waals surface area contributed by atoms with Crippen molar-refractivity contribution < 1.29 is 9.15 Å². The van der Waals surface area contributed by atoms with E-state index in [4.69, 9.17) is 14.9 Å². The third-order valence-corrected chi connectivity index (χ3v) is 4.59. The Morgan fingerprint density at radius 3 is 3.10 bits per heavy atom. The van der Waals surface area contributed by atoms with Gasteiger partial charge in [-0.1, -0.05) is 30.0 Å². The number of anilines is 1. The maximum absolute atomic E-state index is 5.75. The molecule has 0 spiro atoms. The van der Waals surface area contributed by atoms with Crippen LogP contribution in [0.1, 0.15) is 11.5 Å². The number of nitrogen functional groups attached to an aromatic ring is 1. The summed E-state index contributed by atoms with van der Waals surface area (Å²) in [5, 5.41) is 0.681. The molecular formula is C16H14N2O2S. The zero-order valence-corrected chi connectivity index (χ0v) is 12.1. The zero-order chi connectivity index (χ0) is 14.2. The fourth-order valence-electron chi connectivity index (χ4n) is 2.52. The molecule has 4 rings (SSSR count). The molecule has 106 valence electrons. The number of fused-ring (bicyclic) bond motifs is 2. The highest BCUT2D eigenvalue weighted by atomic mass is 32.2. The summed E-state index contributed by atoms with van der Waals surface area (Å²) in [7, 11) is 0. The lowest BCUT2D eigenvalue weighted by Gasteiger charge is -2.05. The first-order valence-corrected chi connectivity index (χ1v) is 7.79. The number of rotatable bonds is 3. The SMILES string of the molecule is Nc1ccc2oc(SCC3COc4ccccc43)nc2c1. The van der Waals surface area contributed by atoms with Crippen molar-refractivity contribution in [3.8, 4) is 5.75 Å². The molecule has 4 nitrogen and oxygen atoms in total. The van der Waals surface area contributed by atoms with Gasteiger partial charge in [-0.05, 0) is 24.3 Å². The van der Waals surface area contributed by atoms with Gasteiger partial charge in [-0.3, -0.25) is 0 Å². The maximum atomic E-state index is 5.75. The van der Waals surface area contributed by atoms with Crippen LogP contribution in [0.15, 0.2) is 52.1 Å². The number of hydrogen-bond acceptors (Lipinski definition) is 5. The second-order valence-electron chi connectivity index (χ2n) is 5.06. The lowest BCUT2D eigenvalue weighted by molar-refractivity contribution is 0.338. The normalized spacial score (nSPS) is 16.9. The molecule has 2 N–H and O–H groups in total. The lowest BCUT2D eigenvalue weighted by atomic mass is 10.0. The Labute approximate surface area is 126 Å². The number of nitrogens with zero attached hydrogens (tertiary/aromatic N) is 1. The second-order valence-corrected chi connectivity index (χ2v) is 6.03. The van der Waals surface area contributed by atoms with Gasteiger partial charge in [0.1, 0.15) is 11.3 Å². The summed E-state index contributed by atoms with van der Waals surface area (Å²) in [5.41, 5.74) is 9.30. The molecule has 2 heterocycles. The van der Waals surface area contributed by atoms with Gasteiger partial charge in [0.25, 0.3) is 5.22 Å². The molecule has 21 heavy (non-hydrogen) atoms. The quantitative estimate of drug-likeness (QED) is 0.590. The van der Waals surface area contributed by atoms with Crippen LogP contribution in [0.4, 0.5) is 5.69 Å². The highest BCUT2D eigenvalue weighted by molar-refractivity contribution is 7.99. The van der Waals surface area contributed by atoms with E-state index < -0.39 is 0 Å². The van der Waals surface area contributed by atoms with Crippen LogP contribution in [0.2, 0.25) is 0 Å². The molecule has 0 radical (unpaired) electrons. The van der Waals surface area contributed by atoms with Crippen LogP contribution in [-0.2, 0) is 0 Å². The fourth-order valence-corrected chi connectivity index (χ4v) is 3.46. The van der Waals surface area contributed by atoms with E-state index in [0.29, 0.717) is 16.8 Å². The Bertz CT molecular complexity index is 800. The predicted octanol–water partition coefficient (Wildman–Crippen LogP) is 3.68. The van der Waals surface area contributed by atoms with Crippen LogP contribution >= 0.6 is 11.8 Å². The minimum atomic E-state index is 0.381. The molecule has 1 unspecified atom stereocenters. The monoisotopic (exact) mass is 298 g/mol. The van der Waals surface area contributed by atoms with E-state index in [0.717, 1.165) is 29.2 Å². The van der Waals surface area contributed by atoms with Gasteiger partial charge in [0, 0.05) is 22.9 Å². The van der Waals surface area contributed by atoms with Crippen molar-refractivity contribution in [2.75, 3.05) is 18.1 Å². The molecule has 0 amide bonds. The van der Waals surface area contributed by atoms with Gasteiger partial charge in [-0.2, -0.15) is 0 Å². The average Bonchev–Trinajstić information content (AvgIpc) is 3.08. The molecule has 1 aliphatic rings. The molecule has 1 aliphatic heterocycles. The summed E-state index contributed by atoms with van der Waals surface area (Å²) in [5.74, 6) is 2.26. The topological polar surface area (TPSA) is 61.3 Å². The fraction of sp³-hybridized carbons (Fsp3) is 0.188. The van der Waals surface area contributed by atoms with Crippen LogP contribution < -0.4 is 10.5 Å². The van der Waals surface area contributed by atoms with Gasteiger partial charge in [-0.25, -0.2) is 4.98 Å². The van der Waals surface area contributed by atoms with E-state index in [1.807, 2.05) is 36.4 Å². The van der Waals surface area contributed by atoms with Gasteiger partial charge in [0.2, 0.25) is 0 Å². The molecule has 0 saturated heterocycles. The van der Waals surface area contributed by atoms with Crippen molar-refractivity contribution in [2.24, 2.45) is 0 Å². The highest BCUT2D eigenvalue weighted by Crippen LogP contribution is 2.37. The Morgan fingerprint density at radius 1 is 1.24 bits per heavy atom. The first-order chi connectivity index (χ1) is 10.3. The predicted molar refractivity (Wildman–Crippen MR) is 83.8 cm³/mol. The second kappa shape index (κ2) is 5.00. The number of nitrogens with two attached hydrogens (primary N) is 1. The third-order valence-electron chi connectivity index (χ3n) is 3.60. The number of para-hydroxylation sites is 1. The lowest BCUT2D eigenvalue weighted by Crippen LogP contribution is -2.03. The van der Waals surface area contributed by atoms with Crippen molar-refractivity contribution in [1.82, 2.24) is 4.98 Å². The van der Waals surface area contributed by atoms with E-state index in [2.05, 4.69) is 11.1 Å². The van der Waals surface area contributed by atoms with Crippen molar-refractivity contribution >= 4 is 28.5 Å². The molecule has 0 bridgehead atoms. The summed E-state index contributed by atoms with van der Waals surface area (Å²) in [6.45, 7) is 0.722. The number of hydrogen-bond donors (Lipinski definition) is 1. The number of ether oxygens (including phenoxy) is 1. The molecule has 1 atom stereocenters. The van der Waals surface area contributed by atoms with Gasteiger partial charge in [0.05, 0.1) is 6.61 Å². The van der Waals surface area contributed by atoms with Crippen LogP contribution in [0.5, 0.6) is 5.75 Å². The van der Waals surface area contributed by atoms with Gasteiger partial charge >= 0.3 is 0 Å². The molecule has 0 saturated carbocycles. The zero-order valence-electron chi connectivity index (χ0n) is 11.3. The Kier molecular flexibility index (Phi) is 3.00. The number of aromatic nitrogens is 1. The average molecular weight is 298 g/mol. The minimum Gasteiger partial charge on any atom is -0.493 e. The van der Waals surface area contributed by atoms with E-state index in [1.165, 1.54) is 5.56 Å². The standard InChI is InChI=1S/C16H14N2O2S/c17-11-5-6-15-13(7-11)18-16(20-15)21-9-10-8-19-14-4-2-1-3-12(10)14/h1-7,10H,8-9,17H2. The molecule has 1 aromatic heterocycles. The summed E-state index contributed by atoms with van der Waals surface area (Å²) in [4.78, 5) is 4.47. The van der Waals surface area contributed by atoms with E-state index in [1.54, 1.807) is 11.8 Å². The van der Waals surface area contributed by atoms with Gasteiger partial charge in [-0.15, -0.1) is 0 Å². The molecule has 2 aromatic carbocycles. The molecule has 0 aliphatic carbocycles. The summed E-state index contributed by atoms with van der Waals surface area (Å²) >= 11 is 1.61. The minimum absolute atomic E-state index is 0.381. The summed E-state index contributed by atoms with van der Waals surface area (Å²) < 4.78 is 11.4. The third kappa shape index (κ3) is 2.34. The first-order valence-electron chi connectivity index (χ1n) is 6.80.